The number of H-pyrrole nitrogens is 1. The first-order valence-corrected chi connectivity index (χ1v) is 7.45. The highest BCUT2D eigenvalue weighted by atomic mass is 19.1. The minimum Gasteiger partial charge on any atom is -0.359 e. The molecule has 0 bridgehead atoms. The van der Waals surface area contributed by atoms with Gasteiger partial charge in [-0.15, -0.1) is 0 Å². The maximum Gasteiger partial charge on any atom is 0.228 e. The lowest BCUT2D eigenvalue weighted by Crippen LogP contribution is -2.14. The van der Waals surface area contributed by atoms with Gasteiger partial charge < -0.3 is 15.6 Å². The smallest absolute Gasteiger partial charge is 0.228 e. The number of carbonyl (C=O) groups is 2. The molecular formula is C18H16FN3O2. The van der Waals surface area contributed by atoms with E-state index in [9.17, 15) is 14.0 Å². The molecule has 0 spiro atoms. The number of rotatable bonds is 4. The average Bonchev–Trinajstić information content (AvgIpc) is 2.93. The molecule has 2 amide bonds. The first-order valence-electron chi connectivity index (χ1n) is 7.45. The fourth-order valence-electron chi connectivity index (χ4n) is 2.54. The number of nitrogens with one attached hydrogen (secondary N) is 3. The molecule has 3 rings (SSSR count). The van der Waals surface area contributed by atoms with Gasteiger partial charge in [0.25, 0.3) is 0 Å². The number of aromatic amines is 1. The van der Waals surface area contributed by atoms with E-state index in [4.69, 9.17) is 0 Å². The molecule has 6 heteroatoms. The Labute approximate surface area is 137 Å². The molecule has 1 aromatic heterocycles. The molecule has 0 aliphatic rings. The van der Waals surface area contributed by atoms with Crippen molar-refractivity contribution in [3.05, 3.63) is 60.0 Å². The number of para-hydroxylation sites is 1. The molecule has 3 aromatic rings. The zero-order valence-corrected chi connectivity index (χ0v) is 13.0. The van der Waals surface area contributed by atoms with Gasteiger partial charge in [-0.05, 0) is 35.9 Å². The second-order valence-corrected chi connectivity index (χ2v) is 5.46. The molecule has 0 aliphatic heterocycles. The summed E-state index contributed by atoms with van der Waals surface area (Å²) >= 11 is 0. The van der Waals surface area contributed by atoms with Gasteiger partial charge in [-0.25, -0.2) is 4.39 Å². The summed E-state index contributed by atoms with van der Waals surface area (Å²) in [4.78, 5) is 26.0. The Morgan fingerprint density at radius 3 is 2.38 bits per heavy atom. The van der Waals surface area contributed by atoms with Gasteiger partial charge >= 0.3 is 0 Å². The van der Waals surface area contributed by atoms with Gasteiger partial charge in [0, 0.05) is 29.9 Å². The van der Waals surface area contributed by atoms with Crippen molar-refractivity contribution in [1.82, 2.24) is 4.98 Å². The van der Waals surface area contributed by atoms with Crippen molar-refractivity contribution >= 4 is 34.1 Å². The fourth-order valence-corrected chi connectivity index (χ4v) is 2.54. The maximum absolute atomic E-state index is 13.7. The summed E-state index contributed by atoms with van der Waals surface area (Å²) < 4.78 is 13.7. The maximum atomic E-state index is 13.7. The van der Waals surface area contributed by atoms with Gasteiger partial charge in [-0.1, -0.05) is 12.1 Å². The summed E-state index contributed by atoms with van der Waals surface area (Å²) in [6, 6.07) is 11.6. The molecule has 122 valence electrons. The second-order valence-electron chi connectivity index (χ2n) is 5.46. The van der Waals surface area contributed by atoms with Crippen LogP contribution in [0.3, 0.4) is 0 Å². The van der Waals surface area contributed by atoms with E-state index in [2.05, 4.69) is 15.6 Å². The average molecular weight is 325 g/mol. The monoisotopic (exact) mass is 325 g/mol. The van der Waals surface area contributed by atoms with Crippen LogP contribution in [0, 0.1) is 5.82 Å². The van der Waals surface area contributed by atoms with Crippen LogP contribution in [0.25, 0.3) is 10.9 Å². The highest BCUT2D eigenvalue weighted by Crippen LogP contribution is 2.21. The van der Waals surface area contributed by atoms with Crippen LogP contribution in [0.4, 0.5) is 15.8 Å². The molecule has 5 nitrogen and oxygen atoms in total. The molecule has 0 atom stereocenters. The topological polar surface area (TPSA) is 74.0 Å². The van der Waals surface area contributed by atoms with E-state index in [1.807, 2.05) is 0 Å². The SMILES string of the molecule is CC(=O)Nc1ccc(NC(=O)Cc2c[nH]c3c(F)cccc23)cc1. The predicted octanol–water partition coefficient (Wildman–Crippen LogP) is 3.45. The van der Waals surface area contributed by atoms with Crippen LogP contribution in [-0.2, 0) is 16.0 Å². The number of amides is 2. The molecule has 0 saturated carbocycles. The summed E-state index contributed by atoms with van der Waals surface area (Å²) in [6.07, 6.45) is 1.78. The van der Waals surface area contributed by atoms with Crippen LogP contribution < -0.4 is 10.6 Å². The number of fused-ring (bicyclic) bond motifs is 1. The highest BCUT2D eigenvalue weighted by Gasteiger charge is 2.11. The predicted molar refractivity (Wildman–Crippen MR) is 91.3 cm³/mol. The molecular weight excluding hydrogens is 309 g/mol. The molecule has 3 N–H and O–H groups in total. The summed E-state index contributed by atoms with van der Waals surface area (Å²) in [7, 11) is 0. The van der Waals surface area contributed by atoms with Gasteiger partial charge in [-0.3, -0.25) is 9.59 Å². The first kappa shape index (κ1) is 15.7. The van der Waals surface area contributed by atoms with Crippen LogP contribution in [0.15, 0.2) is 48.7 Å². The lowest BCUT2D eigenvalue weighted by Gasteiger charge is -2.07. The molecule has 0 saturated heterocycles. The zero-order valence-electron chi connectivity index (χ0n) is 13.0. The molecule has 0 fully saturated rings. The van der Waals surface area contributed by atoms with Crippen molar-refractivity contribution in [2.75, 3.05) is 10.6 Å². The Morgan fingerprint density at radius 2 is 1.71 bits per heavy atom. The minimum atomic E-state index is -0.340. The minimum absolute atomic E-state index is 0.136. The fraction of sp³-hybridized carbons (Fsp3) is 0.111. The third kappa shape index (κ3) is 3.43. The number of halogens is 1. The van der Waals surface area contributed by atoms with Crippen molar-refractivity contribution in [2.45, 2.75) is 13.3 Å². The van der Waals surface area contributed by atoms with E-state index in [1.54, 1.807) is 42.6 Å². The van der Waals surface area contributed by atoms with E-state index < -0.39 is 0 Å². The second kappa shape index (κ2) is 6.54. The summed E-state index contributed by atoms with van der Waals surface area (Å²) in [6.45, 7) is 1.43. The first-order chi connectivity index (χ1) is 11.5. The quantitative estimate of drug-likeness (QED) is 0.687. The number of anilines is 2. The van der Waals surface area contributed by atoms with Crippen LogP contribution in [-0.4, -0.2) is 16.8 Å². The summed E-state index contributed by atoms with van der Waals surface area (Å²) in [5.74, 6) is -0.696. The number of carbonyl (C=O) groups excluding carboxylic acids is 2. The third-order valence-corrected chi connectivity index (χ3v) is 3.59. The Bertz CT molecular complexity index is 900. The van der Waals surface area contributed by atoms with Crippen LogP contribution in [0.1, 0.15) is 12.5 Å². The highest BCUT2D eigenvalue weighted by molar-refractivity contribution is 5.96. The van der Waals surface area contributed by atoms with Crippen molar-refractivity contribution in [1.29, 1.82) is 0 Å². The molecule has 24 heavy (non-hydrogen) atoms. The Balaban J connectivity index is 1.69. The van der Waals surface area contributed by atoms with Crippen LogP contribution in [0.5, 0.6) is 0 Å². The van der Waals surface area contributed by atoms with Gasteiger partial charge in [0.2, 0.25) is 11.8 Å². The largest absolute Gasteiger partial charge is 0.359 e. The van der Waals surface area contributed by atoms with Crippen molar-refractivity contribution in [2.24, 2.45) is 0 Å². The normalized spacial score (nSPS) is 10.6. The van der Waals surface area contributed by atoms with E-state index in [1.165, 1.54) is 13.0 Å². The Kier molecular flexibility index (Phi) is 4.29. The zero-order chi connectivity index (χ0) is 17.1. The number of hydrogen-bond acceptors (Lipinski definition) is 2. The summed E-state index contributed by atoms with van der Waals surface area (Å²) in [5, 5.41) is 6.14. The van der Waals surface area contributed by atoms with E-state index in [0.29, 0.717) is 22.3 Å². The van der Waals surface area contributed by atoms with Crippen LogP contribution in [0.2, 0.25) is 0 Å². The lowest BCUT2D eigenvalue weighted by atomic mass is 10.1. The van der Waals surface area contributed by atoms with E-state index >= 15 is 0 Å². The molecule has 0 aliphatic carbocycles. The van der Waals surface area contributed by atoms with Crippen molar-refractivity contribution < 1.29 is 14.0 Å². The van der Waals surface area contributed by atoms with Crippen molar-refractivity contribution in [3.8, 4) is 0 Å². The van der Waals surface area contributed by atoms with Gasteiger partial charge in [0.05, 0.1) is 11.9 Å². The van der Waals surface area contributed by atoms with E-state index in [-0.39, 0.29) is 24.1 Å². The van der Waals surface area contributed by atoms with Gasteiger partial charge in [0.1, 0.15) is 5.82 Å². The third-order valence-electron chi connectivity index (χ3n) is 3.59. The summed E-state index contributed by atoms with van der Waals surface area (Å²) in [5.41, 5.74) is 2.42. The molecule has 1 heterocycles. The van der Waals surface area contributed by atoms with Gasteiger partial charge in [0.15, 0.2) is 0 Å². The van der Waals surface area contributed by atoms with Crippen molar-refractivity contribution in [3.63, 3.8) is 0 Å². The Hall–Kier alpha value is -3.15. The molecule has 2 aromatic carbocycles. The standard InChI is InChI=1S/C18H16FN3O2/c1-11(23)21-13-5-7-14(8-6-13)22-17(24)9-12-10-20-18-15(12)3-2-4-16(18)19/h2-8,10,20H,9H2,1H3,(H,21,23)(H,22,24). The lowest BCUT2D eigenvalue weighted by molar-refractivity contribution is -0.116. The number of hydrogen-bond donors (Lipinski definition) is 3. The van der Waals surface area contributed by atoms with Gasteiger partial charge in [-0.2, -0.15) is 0 Å². The molecule has 0 radical (unpaired) electrons. The van der Waals surface area contributed by atoms with E-state index in [0.717, 1.165) is 5.56 Å². The molecule has 0 unspecified atom stereocenters. The Morgan fingerprint density at radius 1 is 1.04 bits per heavy atom. The number of aromatic nitrogens is 1. The van der Waals surface area contributed by atoms with Crippen LogP contribution >= 0.6 is 0 Å². The number of benzene rings is 2.